The highest BCUT2D eigenvalue weighted by molar-refractivity contribution is 5.42. The van der Waals surface area contributed by atoms with E-state index >= 15 is 0 Å². The molecule has 1 unspecified atom stereocenters. The van der Waals surface area contributed by atoms with Crippen molar-refractivity contribution in [3.8, 4) is 11.5 Å². The fourth-order valence-electron chi connectivity index (χ4n) is 2.30. The average Bonchev–Trinajstić information content (AvgIpc) is 2.56. The van der Waals surface area contributed by atoms with Gasteiger partial charge in [0.1, 0.15) is 11.5 Å². The van der Waals surface area contributed by atoms with Crippen LogP contribution in [0.5, 0.6) is 11.5 Å². The lowest BCUT2D eigenvalue weighted by molar-refractivity contribution is 0.387. The zero-order chi connectivity index (χ0) is 15.1. The van der Waals surface area contributed by atoms with Crippen LogP contribution in [0.2, 0.25) is 0 Å². The highest BCUT2D eigenvalue weighted by atomic mass is 16.5. The second kappa shape index (κ2) is 7.61. The highest BCUT2D eigenvalue weighted by Gasteiger charge is 2.16. The van der Waals surface area contributed by atoms with Crippen molar-refractivity contribution in [3.05, 3.63) is 53.9 Å². The van der Waals surface area contributed by atoms with Crippen molar-refractivity contribution < 1.29 is 9.47 Å². The summed E-state index contributed by atoms with van der Waals surface area (Å²) >= 11 is 0. The monoisotopic (exact) mass is 287 g/mol. The molecule has 1 heterocycles. The molecule has 112 valence electrons. The fraction of sp³-hybridized carbons (Fsp3) is 0.312. The number of hydrogen-bond donors (Lipinski definition) is 2. The molecule has 1 aromatic carbocycles. The van der Waals surface area contributed by atoms with Crippen molar-refractivity contribution in [2.24, 2.45) is 5.84 Å². The number of rotatable bonds is 7. The minimum atomic E-state index is -0.0183. The molecule has 0 aliphatic carbocycles. The van der Waals surface area contributed by atoms with Crippen LogP contribution in [0, 0.1) is 0 Å². The van der Waals surface area contributed by atoms with Crippen molar-refractivity contribution in [1.29, 1.82) is 0 Å². The van der Waals surface area contributed by atoms with Gasteiger partial charge in [-0.15, -0.1) is 0 Å². The van der Waals surface area contributed by atoms with Crippen molar-refractivity contribution in [2.45, 2.75) is 18.9 Å². The molecule has 21 heavy (non-hydrogen) atoms. The fourth-order valence-corrected chi connectivity index (χ4v) is 2.30. The molecule has 0 bridgehead atoms. The van der Waals surface area contributed by atoms with Gasteiger partial charge in [0.25, 0.3) is 0 Å². The summed E-state index contributed by atoms with van der Waals surface area (Å²) in [4.78, 5) is 4.13. The van der Waals surface area contributed by atoms with Gasteiger partial charge in [-0.2, -0.15) is 0 Å². The molecule has 2 aromatic rings. The molecule has 2 rings (SSSR count). The van der Waals surface area contributed by atoms with Gasteiger partial charge in [-0.1, -0.05) is 6.07 Å². The van der Waals surface area contributed by atoms with Crippen LogP contribution in [0.4, 0.5) is 0 Å². The third-order valence-corrected chi connectivity index (χ3v) is 3.46. The number of nitrogens with two attached hydrogens (primary N) is 1. The summed E-state index contributed by atoms with van der Waals surface area (Å²) in [6, 6.07) is 9.69. The normalized spacial score (nSPS) is 12.0. The van der Waals surface area contributed by atoms with E-state index in [0.717, 1.165) is 29.9 Å². The van der Waals surface area contributed by atoms with Crippen molar-refractivity contribution >= 4 is 0 Å². The van der Waals surface area contributed by atoms with Gasteiger partial charge in [-0.3, -0.25) is 16.3 Å². The summed E-state index contributed by atoms with van der Waals surface area (Å²) in [5.74, 6) is 7.30. The molecular weight excluding hydrogens is 266 g/mol. The number of hydrogen-bond acceptors (Lipinski definition) is 5. The number of methoxy groups -OCH3 is 2. The van der Waals surface area contributed by atoms with Crippen LogP contribution in [-0.4, -0.2) is 19.2 Å². The van der Waals surface area contributed by atoms with Gasteiger partial charge in [-0.25, -0.2) is 0 Å². The van der Waals surface area contributed by atoms with E-state index < -0.39 is 0 Å². The molecular formula is C16H21N3O2. The molecule has 0 amide bonds. The van der Waals surface area contributed by atoms with Gasteiger partial charge in [-0.05, 0) is 42.7 Å². The third kappa shape index (κ3) is 3.93. The summed E-state index contributed by atoms with van der Waals surface area (Å²) < 4.78 is 10.7. The zero-order valence-electron chi connectivity index (χ0n) is 12.4. The van der Waals surface area contributed by atoms with E-state index in [4.69, 9.17) is 15.3 Å². The standard InChI is InChI=1S/C16H21N3O2/c1-20-13-6-8-16(21-2)14(10-13)15(19-17)7-5-12-4-3-9-18-11-12/h3-4,6,8-11,15,19H,5,7,17H2,1-2H3. The first-order valence-corrected chi connectivity index (χ1v) is 6.85. The first-order valence-electron chi connectivity index (χ1n) is 6.85. The van der Waals surface area contributed by atoms with E-state index in [-0.39, 0.29) is 6.04 Å². The second-order valence-corrected chi connectivity index (χ2v) is 4.73. The Labute approximate surface area is 125 Å². The van der Waals surface area contributed by atoms with E-state index in [9.17, 15) is 0 Å². The Morgan fingerprint density at radius 3 is 2.71 bits per heavy atom. The number of hydrazine groups is 1. The van der Waals surface area contributed by atoms with E-state index in [0.29, 0.717) is 0 Å². The topological polar surface area (TPSA) is 69.4 Å². The molecule has 5 nitrogen and oxygen atoms in total. The maximum Gasteiger partial charge on any atom is 0.123 e. The predicted molar refractivity (Wildman–Crippen MR) is 82.2 cm³/mol. The quantitative estimate of drug-likeness (QED) is 0.604. The summed E-state index contributed by atoms with van der Waals surface area (Å²) in [6.45, 7) is 0. The lowest BCUT2D eigenvalue weighted by atomic mass is 9.99. The number of aromatic nitrogens is 1. The van der Waals surface area contributed by atoms with Crippen molar-refractivity contribution in [1.82, 2.24) is 10.4 Å². The minimum absolute atomic E-state index is 0.0183. The largest absolute Gasteiger partial charge is 0.497 e. The van der Waals surface area contributed by atoms with E-state index in [1.54, 1.807) is 20.4 Å². The van der Waals surface area contributed by atoms with Crippen LogP contribution in [0.1, 0.15) is 23.6 Å². The van der Waals surface area contributed by atoms with Gasteiger partial charge in [0.15, 0.2) is 0 Å². The molecule has 3 N–H and O–H groups in total. The lowest BCUT2D eigenvalue weighted by Crippen LogP contribution is -2.28. The molecule has 0 saturated heterocycles. The molecule has 0 aliphatic rings. The lowest BCUT2D eigenvalue weighted by Gasteiger charge is -2.20. The Kier molecular flexibility index (Phi) is 5.54. The Morgan fingerprint density at radius 1 is 1.24 bits per heavy atom. The van der Waals surface area contributed by atoms with E-state index in [1.807, 2.05) is 30.5 Å². The number of ether oxygens (including phenoxy) is 2. The van der Waals surface area contributed by atoms with Gasteiger partial charge in [0, 0.05) is 18.0 Å². The predicted octanol–water partition coefficient (Wildman–Crippen LogP) is 2.24. The van der Waals surface area contributed by atoms with Gasteiger partial charge in [0.2, 0.25) is 0 Å². The maximum absolute atomic E-state index is 5.72. The first kappa shape index (κ1) is 15.3. The number of aryl methyl sites for hydroxylation is 1. The molecule has 0 radical (unpaired) electrons. The number of nitrogens with zero attached hydrogens (tertiary/aromatic N) is 1. The Balaban J connectivity index is 2.16. The number of benzene rings is 1. The number of pyridine rings is 1. The number of nitrogens with one attached hydrogen (secondary N) is 1. The second-order valence-electron chi connectivity index (χ2n) is 4.73. The highest BCUT2D eigenvalue weighted by Crippen LogP contribution is 2.31. The molecule has 0 fully saturated rings. The molecule has 5 heteroatoms. The summed E-state index contributed by atoms with van der Waals surface area (Å²) in [5.41, 5.74) is 5.03. The molecule has 0 spiro atoms. The van der Waals surface area contributed by atoms with Crippen molar-refractivity contribution in [2.75, 3.05) is 14.2 Å². The SMILES string of the molecule is COc1ccc(OC)c(C(CCc2cccnc2)NN)c1. The van der Waals surface area contributed by atoms with E-state index in [1.165, 1.54) is 5.56 Å². The molecule has 1 atom stereocenters. The zero-order valence-corrected chi connectivity index (χ0v) is 12.4. The average molecular weight is 287 g/mol. The van der Waals surface area contributed by atoms with Crippen LogP contribution in [-0.2, 0) is 6.42 Å². The minimum Gasteiger partial charge on any atom is -0.497 e. The van der Waals surface area contributed by atoms with Crippen LogP contribution >= 0.6 is 0 Å². The van der Waals surface area contributed by atoms with Gasteiger partial charge < -0.3 is 9.47 Å². The van der Waals surface area contributed by atoms with Crippen LogP contribution in [0.25, 0.3) is 0 Å². The van der Waals surface area contributed by atoms with Crippen LogP contribution < -0.4 is 20.7 Å². The Morgan fingerprint density at radius 2 is 2.10 bits per heavy atom. The smallest absolute Gasteiger partial charge is 0.123 e. The van der Waals surface area contributed by atoms with Crippen molar-refractivity contribution in [3.63, 3.8) is 0 Å². The Hall–Kier alpha value is -2.11. The summed E-state index contributed by atoms with van der Waals surface area (Å²) in [6.07, 6.45) is 5.36. The van der Waals surface area contributed by atoms with Crippen LogP contribution in [0.15, 0.2) is 42.7 Å². The molecule has 1 aromatic heterocycles. The first-order chi connectivity index (χ1) is 10.3. The van der Waals surface area contributed by atoms with Crippen LogP contribution in [0.3, 0.4) is 0 Å². The molecule has 0 aliphatic heterocycles. The summed E-state index contributed by atoms with van der Waals surface area (Å²) in [5, 5.41) is 0. The Bertz CT molecular complexity index is 561. The summed E-state index contributed by atoms with van der Waals surface area (Å²) in [7, 11) is 3.30. The molecule has 0 saturated carbocycles. The van der Waals surface area contributed by atoms with Gasteiger partial charge in [0.05, 0.1) is 20.3 Å². The third-order valence-electron chi connectivity index (χ3n) is 3.46. The maximum atomic E-state index is 5.72. The van der Waals surface area contributed by atoms with E-state index in [2.05, 4.69) is 16.5 Å². The van der Waals surface area contributed by atoms with Gasteiger partial charge >= 0.3 is 0 Å².